The molecule has 1 aliphatic rings. The lowest BCUT2D eigenvalue weighted by molar-refractivity contribution is 0.0942. The van der Waals surface area contributed by atoms with Crippen LogP contribution in [0.4, 0.5) is 0 Å². The Balaban J connectivity index is 1.45. The Morgan fingerprint density at radius 1 is 1.07 bits per heavy atom. The van der Waals surface area contributed by atoms with Crippen LogP contribution in [0.1, 0.15) is 29.8 Å². The fraction of sp³-hybridized carbons (Fsp3) is 0.318. The van der Waals surface area contributed by atoms with Crippen molar-refractivity contribution in [2.75, 3.05) is 26.2 Å². The first-order chi connectivity index (χ1) is 14.2. The minimum atomic E-state index is -0.198. The molecule has 4 aromatic rings. The molecule has 0 bridgehead atoms. The SMILES string of the molecule is O=C(NCCN1CCCCC1)c1cn2c(ccc3sc4ccccc4c(=O)c32)n1. The van der Waals surface area contributed by atoms with Crippen LogP contribution in [0.5, 0.6) is 0 Å². The number of piperidine rings is 1. The van der Waals surface area contributed by atoms with Crippen LogP contribution in [0.3, 0.4) is 0 Å². The van der Waals surface area contributed by atoms with E-state index in [0.29, 0.717) is 28.8 Å². The van der Waals surface area contributed by atoms with Crippen LogP contribution in [0.25, 0.3) is 25.9 Å². The Labute approximate surface area is 171 Å². The van der Waals surface area contributed by atoms with Crippen molar-refractivity contribution in [3.8, 4) is 0 Å². The standard InChI is InChI=1S/C22H22N4O2S/c27-21-15-6-2-3-7-17(15)29-18-8-9-19-24-16(14-26(19)20(18)21)22(28)23-10-13-25-11-4-1-5-12-25/h2-3,6-9,14H,1,4-5,10-13H2,(H,23,28). The molecular formula is C22H22N4O2S. The van der Waals surface area contributed by atoms with Crippen molar-refractivity contribution < 1.29 is 4.79 Å². The molecule has 0 unspecified atom stereocenters. The van der Waals surface area contributed by atoms with Gasteiger partial charge in [0.15, 0.2) is 0 Å². The second kappa shape index (κ2) is 7.57. The molecule has 0 spiro atoms. The number of pyridine rings is 1. The largest absolute Gasteiger partial charge is 0.349 e. The zero-order valence-electron chi connectivity index (χ0n) is 16.1. The van der Waals surface area contributed by atoms with Gasteiger partial charge in [0.25, 0.3) is 5.91 Å². The fourth-order valence-electron chi connectivity index (χ4n) is 4.04. The average Bonchev–Trinajstić information content (AvgIpc) is 3.19. The molecule has 148 valence electrons. The third-order valence-corrected chi connectivity index (χ3v) is 6.68. The van der Waals surface area contributed by atoms with Gasteiger partial charge in [-0.3, -0.25) is 14.0 Å². The highest BCUT2D eigenvalue weighted by Crippen LogP contribution is 2.25. The monoisotopic (exact) mass is 406 g/mol. The first kappa shape index (κ1) is 18.3. The van der Waals surface area contributed by atoms with E-state index in [-0.39, 0.29) is 11.3 Å². The molecule has 0 radical (unpaired) electrons. The second-order valence-corrected chi connectivity index (χ2v) is 8.57. The Hall–Kier alpha value is -2.77. The van der Waals surface area contributed by atoms with Gasteiger partial charge in [0.2, 0.25) is 5.43 Å². The van der Waals surface area contributed by atoms with E-state index in [1.54, 1.807) is 21.9 Å². The summed E-state index contributed by atoms with van der Waals surface area (Å²) < 4.78 is 3.59. The van der Waals surface area contributed by atoms with Gasteiger partial charge < -0.3 is 10.2 Å². The Morgan fingerprint density at radius 2 is 1.90 bits per heavy atom. The van der Waals surface area contributed by atoms with Crippen LogP contribution < -0.4 is 10.7 Å². The third-order valence-electron chi connectivity index (χ3n) is 5.55. The summed E-state index contributed by atoms with van der Waals surface area (Å²) in [6, 6.07) is 11.4. The van der Waals surface area contributed by atoms with E-state index < -0.39 is 0 Å². The molecule has 1 N–H and O–H groups in total. The van der Waals surface area contributed by atoms with Crippen LogP contribution in [0.2, 0.25) is 0 Å². The maximum absolute atomic E-state index is 13.1. The minimum absolute atomic E-state index is 0.0330. The fourth-order valence-corrected chi connectivity index (χ4v) is 5.12. The number of benzene rings is 1. The molecule has 5 rings (SSSR count). The van der Waals surface area contributed by atoms with E-state index in [4.69, 9.17) is 0 Å². The number of fused-ring (bicyclic) bond motifs is 4. The predicted molar refractivity (Wildman–Crippen MR) is 117 cm³/mol. The summed E-state index contributed by atoms with van der Waals surface area (Å²) >= 11 is 1.57. The summed E-state index contributed by atoms with van der Waals surface area (Å²) in [5, 5.41) is 3.66. The number of carbonyl (C=O) groups excluding carboxylic acids is 1. The summed E-state index contributed by atoms with van der Waals surface area (Å²) in [5.74, 6) is -0.198. The number of nitrogens with one attached hydrogen (secondary N) is 1. The topological polar surface area (TPSA) is 66.7 Å². The van der Waals surface area contributed by atoms with Gasteiger partial charge in [-0.05, 0) is 50.2 Å². The smallest absolute Gasteiger partial charge is 0.271 e. The van der Waals surface area contributed by atoms with Crippen LogP contribution >= 0.6 is 11.3 Å². The quantitative estimate of drug-likeness (QED) is 0.528. The number of hydrogen-bond acceptors (Lipinski definition) is 5. The maximum atomic E-state index is 13.1. The maximum Gasteiger partial charge on any atom is 0.271 e. The first-order valence-corrected chi connectivity index (χ1v) is 10.9. The lowest BCUT2D eigenvalue weighted by atomic mass is 10.1. The molecule has 1 aliphatic heterocycles. The van der Waals surface area contributed by atoms with Gasteiger partial charge in [-0.15, -0.1) is 11.3 Å². The molecule has 6 nitrogen and oxygen atoms in total. The summed E-state index contributed by atoms with van der Waals surface area (Å²) in [6.07, 6.45) is 5.45. The Bertz CT molecular complexity index is 1270. The normalized spacial score (nSPS) is 15.3. The number of imidazole rings is 1. The molecule has 1 aromatic carbocycles. The number of likely N-dealkylation sites (tertiary alicyclic amines) is 1. The van der Waals surface area contributed by atoms with E-state index >= 15 is 0 Å². The molecular weight excluding hydrogens is 384 g/mol. The zero-order chi connectivity index (χ0) is 19.8. The van der Waals surface area contributed by atoms with E-state index in [1.165, 1.54) is 19.3 Å². The second-order valence-electron chi connectivity index (χ2n) is 7.49. The molecule has 3 aromatic heterocycles. The van der Waals surface area contributed by atoms with Gasteiger partial charge in [0, 0.05) is 29.4 Å². The summed E-state index contributed by atoms with van der Waals surface area (Å²) in [7, 11) is 0. The summed E-state index contributed by atoms with van der Waals surface area (Å²) in [4.78, 5) is 32.5. The Morgan fingerprint density at radius 3 is 2.76 bits per heavy atom. The van der Waals surface area contributed by atoms with E-state index in [2.05, 4.69) is 15.2 Å². The van der Waals surface area contributed by atoms with Crippen molar-refractivity contribution in [3.05, 3.63) is 58.5 Å². The van der Waals surface area contributed by atoms with Crippen molar-refractivity contribution >= 4 is 43.2 Å². The lowest BCUT2D eigenvalue weighted by Gasteiger charge is -2.26. The minimum Gasteiger partial charge on any atom is -0.349 e. The number of hydrogen-bond donors (Lipinski definition) is 1. The van der Waals surface area contributed by atoms with Crippen LogP contribution in [0.15, 0.2) is 47.4 Å². The predicted octanol–water partition coefficient (Wildman–Crippen LogP) is 3.28. The van der Waals surface area contributed by atoms with Gasteiger partial charge in [0.1, 0.15) is 16.9 Å². The first-order valence-electron chi connectivity index (χ1n) is 10.0. The van der Waals surface area contributed by atoms with Gasteiger partial charge >= 0.3 is 0 Å². The molecule has 1 amide bonds. The van der Waals surface area contributed by atoms with Gasteiger partial charge in [-0.2, -0.15) is 0 Å². The van der Waals surface area contributed by atoms with E-state index in [1.807, 2.05) is 36.4 Å². The van der Waals surface area contributed by atoms with Crippen LogP contribution in [-0.2, 0) is 0 Å². The lowest BCUT2D eigenvalue weighted by Crippen LogP contribution is -2.37. The number of carbonyl (C=O) groups is 1. The number of rotatable bonds is 4. The Kier molecular flexibility index (Phi) is 4.77. The molecule has 0 atom stereocenters. The molecule has 0 aliphatic carbocycles. The number of nitrogens with zero attached hydrogens (tertiary/aromatic N) is 3. The average molecular weight is 407 g/mol. The van der Waals surface area contributed by atoms with E-state index in [9.17, 15) is 9.59 Å². The van der Waals surface area contributed by atoms with Crippen molar-refractivity contribution in [1.82, 2.24) is 19.6 Å². The molecule has 1 saturated heterocycles. The molecule has 7 heteroatoms. The molecule has 29 heavy (non-hydrogen) atoms. The highest BCUT2D eigenvalue weighted by molar-refractivity contribution is 7.24. The molecule has 1 fully saturated rings. The van der Waals surface area contributed by atoms with Crippen molar-refractivity contribution in [3.63, 3.8) is 0 Å². The molecule has 4 heterocycles. The van der Waals surface area contributed by atoms with Crippen molar-refractivity contribution in [2.24, 2.45) is 0 Å². The van der Waals surface area contributed by atoms with E-state index in [0.717, 1.165) is 29.0 Å². The van der Waals surface area contributed by atoms with Gasteiger partial charge in [0.05, 0.1) is 4.70 Å². The summed E-state index contributed by atoms with van der Waals surface area (Å²) in [5.41, 5.74) is 1.49. The van der Waals surface area contributed by atoms with Crippen molar-refractivity contribution in [1.29, 1.82) is 0 Å². The highest BCUT2D eigenvalue weighted by Gasteiger charge is 2.16. The zero-order valence-corrected chi connectivity index (χ0v) is 16.9. The van der Waals surface area contributed by atoms with Crippen LogP contribution in [-0.4, -0.2) is 46.4 Å². The highest BCUT2D eigenvalue weighted by atomic mass is 32.1. The van der Waals surface area contributed by atoms with Crippen LogP contribution in [0, 0.1) is 0 Å². The third kappa shape index (κ3) is 3.41. The van der Waals surface area contributed by atoms with Gasteiger partial charge in [-0.25, -0.2) is 4.98 Å². The van der Waals surface area contributed by atoms with Gasteiger partial charge in [-0.1, -0.05) is 18.6 Å². The molecule has 0 saturated carbocycles. The summed E-state index contributed by atoms with van der Waals surface area (Å²) in [6.45, 7) is 3.68. The number of aromatic nitrogens is 2. The number of amides is 1. The van der Waals surface area contributed by atoms with Crippen molar-refractivity contribution in [2.45, 2.75) is 19.3 Å².